The van der Waals surface area contributed by atoms with Gasteiger partial charge in [0, 0.05) is 14.2 Å². The molecule has 2 nitrogen and oxygen atoms in total. The monoisotopic (exact) mass is 218 g/mol. The van der Waals surface area contributed by atoms with Gasteiger partial charge in [-0.05, 0) is 23.9 Å². The smallest absolute Gasteiger partial charge is 0.368 e. The van der Waals surface area contributed by atoms with Crippen molar-refractivity contribution >= 4 is 13.7 Å². The van der Waals surface area contributed by atoms with Gasteiger partial charge in [-0.1, -0.05) is 6.07 Å². The van der Waals surface area contributed by atoms with Crippen molar-refractivity contribution in [3.63, 3.8) is 0 Å². The topological polar surface area (TPSA) is 18.5 Å². The molecule has 0 saturated heterocycles. The molecule has 78 valence electrons. The van der Waals surface area contributed by atoms with Crippen molar-refractivity contribution in [3.05, 3.63) is 29.8 Å². The van der Waals surface area contributed by atoms with Gasteiger partial charge in [0.05, 0.1) is 0 Å². The van der Waals surface area contributed by atoms with Gasteiger partial charge in [-0.25, -0.2) is 8.78 Å². The van der Waals surface area contributed by atoms with Crippen molar-refractivity contribution < 1.29 is 17.6 Å². The molecule has 1 aromatic rings. The molecule has 0 N–H and O–H groups in total. The Morgan fingerprint density at radius 3 is 2.07 bits per heavy atom. The SMILES string of the molecule is CO[Si](C)(OC)c1ccc(F)c(F)c1. The first kappa shape index (κ1) is 11.3. The summed E-state index contributed by atoms with van der Waals surface area (Å²) >= 11 is 0. The summed E-state index contributed by atoms with van der Waals surface area (Å²) in [5.74, 6) is -1.74. The molecule has 14 heavy (non-hydrogen) atoms. The molecular formula is C9H12F2O2Si. The van der Waals surface area contributed by atoms with E-state index in [2.05, 4.69) is 0 Å². The van der Waals surface area contributed by atoms with Gasteiger partial charge in [-0.2, -0.15) is 0 Å². The van der Waals surface area contributed by atoms with Gasteiger partial charge in [-0.3, -0.25) is 0 Å². The van der Waals surface area contributed by atoms with Gasteiger partial charge in [0.25, 0.3) is 0 Å². The van der Waals surface area contributed by atoms with Crippen LogP contribution in [-0.4, -0.2) is 22.8 Å². The Hall–Kier alpha value is -0.783. The maximum absolute atomic E-state index is 12.9. The van der Waals surface area contributed by atoms with Gasteiger partial charge in [-0.15, -0.1) is 0 Å². The van der Waals surface area contributed by atoms with E-state index in [0.29, 0.717) is 5.19 Å². The van der Waals surface area contributed by atoms with Crippen LogP contribution in [0.25, 0.3) is 0 Å². The number of rotatable bonds is 3. The Morgan fingerprint density at radius 2 is 1.64 bits per heavy atom. The van der Waals surface area contributed by atoms with E-state index in [1.807, 2.05) is 0 Å². The molecule has 1 rings (SSSR count). The molecule has 0 radical (unpaired) electrons. The van der Waals surface area contributed by atoms with E-state index >= 15 is 0 Å². The maximum Gasteiger partial charge on any atom is 0.368 e. The van der Waals surface area contributed by atoms with Crippen LogP contribution < -0.4 is 5.19 Å². The van der Waals surface area contributed by atoms with E-state index < -0.39 is 20.2 Å². The van der Waals surface area contributed by atoms with Crippen molar-refractivity contribution in [2.24, 2.45) is 0 Å². The lowest BCUT2D eigenvalue weighted by Crippen LogP contribution is -2.49. The summed E-state index contributed by atoms with van der Waals surface area (Å²) < 4.78 is 36.0. The molecule has 0 unspecified atom stereocenters. The van der Waals surface area contributed by atoms with E-state index in [-0.39, 0.29) is 0 Å². The molecule has 0 aliphatic rings. The minimum absolute atomic E-state index is 0.571. The fourth-order valence-electron chi connectivity index (χ4n) is 1.10. The van der Waals surface area contributed by atoms with Crippen LogP contribution in [0.4, 0.5) is 8.78 Å². The standard InChI is InChI=1S/C9H12F2O2Si/c1-12-14(3,13-2)7-4-5-8(10)9(11)6-7/h4-6H,1-3H3. The molecule has 0 saturated carbocycles. The number of benzene rings is 1. The highest BCUT2D eigenvalue weighted by molar-refractivity contribution is 6.79. The van der Waals surface area contributed by atoms with Crippen LogP contribution in [0.1, 0.15) is 0 Å². The first-order valence-electron chi connectivity index (χ1n) is 4.09. The Kier molecular flexibility index (Phi) is 3.36. The second-order valence-electron chi connectivity index (χ2n) is 2.98. The molecular weight excluding hydrogens is 206 g/mol. The lowest BCUT2D eigenvalue weighted by atomic mass is 10.3. The fraction of sp³-hybridized carbons (Fsp3) is 0.333. The van der Waals surface area contributed by atoms with Crippen LogP contribution >= 0.6 is 0 Å². The van der Waals surface area contributed by atoms with Crippen molar-refractivity contribution in [1.29, 1.82) is 0 Å². The highest BCUT2D eigenvalue weighted by Crippen LogP contribution is 2.09. The van der Waals surface area contributed by atoms with E-state index in [0.717, 1.165) is 12.1 Å². The summed E-state index contributed by atoms with van der Waals surface area (Å²) in [6.07, 6.45) is 0. The summed E-state index contributed by atoms with van der Waals surface area (Å²) in [6, 6.07) is 3.68. The predicted octanol–water partition coefficient (Wildman–Crippen LogP) is 1.54. The summed E-state index contributed by atoms with van der Waals surface area (Å²) in [5.41, 5.74) is 0. The van der Waals surface area contributed by atoms with Gasteiger partial charge in [0.2, 0.25) is 0 Å². The van der Waals surface area contributed by atoms with Crippen molar-refractivity contribution in [3.8, 4) is 0 Å². The predicted molar refractivity (Wildman–Crippen MR) is 51.6 cm³/mol. The summed E-state index contributed by atoms with van der Waals surface area (Å²) in [5, 5.41) is 0.571. The molecule has 0 amide bonds. The van der Waals surface area contributed by atoms with Crippen LogP contribution in [0.15, 0.2) is 18.2 Å². The van der Waals surface area contributed by atoms with Gasteiger partial charge >= 0.3 is 8.56 Å². The third kappa shape index (κ3) is 2.00. The maximum atomic E-state index is 12.9. The molecule has 0 heterocycles. The van der Waals surface area contributed by atoms with Crippen LogP contribution in [0.2, 0.25) is 6.55 Å². The van der Waals surface area contributed by atoms with Crippen LogP contribution in [-0.2, 0) is 8.85 Å². The third-order valence-electron chi connectivity index (χ3n) is 2.22. The first-order valence-corrected chi connectivity index (χ1v) is 6.41. The minimum atomic E-state index is -2.53. The number of hydrogen-bond acceptors (Lipinski definition) is 2. The molecule has 0 spiro atoms. The Bertz CT molecular complexity index is 327. The zero-order valence-electron chi connectivity index (χ0n) is 8.30. The van der Waals surface area contributed by atoms with E-state index in [1.165, 1.54) is 20.3 Å². The van der Waals surface area contributed by atoms with Crippen molar-refractivity contribution in [2.75, 3.05) is 14.2 Å². The lowest BCUT2D eigenvalue weighted by molar-refractivity contribution is 0.265. The molecule has 0 aromatic heterocycles. The van der Waals surface area contributed by atoms with Crippen LogP contribution in [0.3, 0.4) is 0 Å². The molecule has 0 aliphatic carbocycles. The molecule has 0 bridgehead atoms. The van der Waals surface area contributed by atoms with Gasteiger partial charge in [0.15, 0.2) is 11.6 Å². The Balaban J connectivity index is 3.12. The fourth-order valence-corrected chi connectivity index (χ4v) is 2.51. The van der Waals surface area contributed by atoms with Crippen LogP contribution in [0.5, 0.6) is 0 Å². The Labute approximate surface area is 82.7 Å². The lowest BCUT2D eigenvalue weighted by Gasteiger charge is -2.22. The average Bonchev–Trinajstić information content (AvgIpc) is 2.21. The zero-order chi connectivity index (χ0) is 10.8. The van der Waals surface area contributed by atoms with Crippen molar-refractivity contribution in [2.45, 2.75) is 6.55 Å². The quantitative estimate of drug-likeness (QED) is 0.716. The second kappa shape index (κ2) is 4.16. The third-order valence-corrected chi connectivity index (χ3v) is 5.14. The normalized spacial score (nSPS) is 11.8. The molecule has 1 aromatic carbocycles. The summed E-state index contributed by atoms with van der Waals surface area (Å²) in [4.78, 5) is 0. The highest BCUT2D eigenvalue weighted by atomic mass is 28.4. The molecule has 0 fully saturated rings. The average molecular weight is 218 g/mol. The summed E-state index contributed by atoms with van der Waals surface area (Å²) in [6.45, 7) is 1.76. The largest absolute Gasteiger partial charge is 0.394 e. The zero-order valence-corrected chi connectivity index (χ0v) is 9.30. The van der Waals surface area contributed by atoms with Gasteiger partial charge in [0.1, 0.15) is 0 Å². The molecule has 5 heteroatoms. The van der Waals surface area contributed by atoms with E-state index in [4.69, 9.17) is 8.85 Å². The molecule has 0 aliphatic heterocycles. The summed E-state index contributed by atoms with van der Waals surface area (Å²) in [7, 11) is 0.460. The van der Waals surface area contributed by atoms with Gasteiger partial charge < -0.3 is 8.85 Å². The van der Waals surface area contributed by atoms with Crippen molar-refractivity contribution in [1.82, 2.24) is 0 Å². The highest BCUT2D eigenvalue weighted by Gasteiger charge is 2.32. The second-order valence-corrected chi connectivity index (χ2v) is 6.27. The van der Waals surface area contributed by atoms with E-state index in [9.17, 15) is 8.78 Å². The van der Waals surface area contributed by atoms with E-state index in [1.54, 1.807) is 6.55 Å². The number of halogens is 2. The Morgan fingerprint density at radius 1 is 1.07 bits per heavy atom. The number of hydrogen-bond donors (Lipinski definition) is 0. The molecule has 0 atom stereocenters. The minimum Gasteiger partial charge on any atom is -0.394 e. The van der Waals surface area contributed by atoms with Crippen LogP contribution in [0, 0.1) is 11.6 Å². The first-order chi connectivity index (χ1) is 6.53.